The second-order valence-corrected chi connectivity index (χ2v) is 5.56. The molecule has 3 atom stereocenters. The first-order chi connectivity index (χ1) is 9.97. The Bertz CT molecular complexity index is 552. The first kappa shape index (κ1) is 15.4. The van der Waals surface area contributed by atoms with Crippen LogP contribution in [0.25, 0.3) is 0 Å². The summed E-state index contributed by atoms with van der Waals surface area (Å²) < 4.78 is 10.3. The van der Waals surface area contributed by atoms with Crippen LogP contribution < -0.4 is 9.47 Å². The molecule has 0 heterocycles. The molecule has 0 spiro atoms. The van der Waals surface area contributed by atoms with Crippen molar-refractivity contribution in [3.8, 4) is 11.5 Å². The van der Waals surface area contributed by atoms with Gasteiger partial charge in [0.25, 0.3) is 0 Å². The Labute approximate surface area is 123 Å². The first-order valence-corrected chi connectivity index (χ1v) is 6.97. The van der Waals surface area contributed by atoms with Crippen LogP contribution in [0.4, 0.5) is 0 Å². The van der Waals surface area contributed by atoms with Crippen molar-refractivity contribution in [2.75, 3.05) is 14.2 Å². The van der Waals surface area contributed by atoms with Crippen LogP contribution in [0.15, 0.2) is 18.2 Å². The predicted molar refractivity (Wildman–Crippen MR) is 76.9 cm³/mol. The van der Waals surface area contributed by atoms with Gasteiger partial charge in [-0.1, -0.05) is 6.92 Å². The average Bonchev–Trinajstić information content (AvgIpc) is 2.88. The maximum absolute atomic E-state index is 12.6. The molecule has 2 rings (SSSR count). The normalized spacial score (nSPS) is 24.6. The first-order valence-electron chi connectivity index (χ1n) is 6.97. The van der Waals surface area contributed by atoms with E-state index in [0.29, 0.717) is 29.9 Å². The van der Waals surface area contributed by atoms with E-state index in [2.05, 4.69) is 0 Å². The molecule has 0 saturated heterocycles. The number of methoxy groups -OCH3 is 2. The Morgan fingerprint density at radius 2 is 1.71 bits per heavy atom. The fourth-order valence-electron chi connectivity index (χ4n) is 3.06. The monoisotopic (exact) mass is 292 g/mol. The number of carbonyl (C=O) groups excluding carboxylic acids is 1. The summed E-state index contributed by atoms with van der Waals surface area (Å²) in [6, 6.07) is 4.94. The van der Waals surface area contributed by atoms with Crippen LogP contribution in [0.1, 0.15) is 30.1 Å². The van der Waals surface area contributed by atoms with Crippen LogP contribution in [-0.2, 0) is 4.79 Å². The molecule has 0 radical (unpaired) electrons. The highest BCUT2D eigenvalue weighted by Gasteiger charge is 2.41. The minimum atomic E-state index is -0.891. The summed E-state index contributed by atoms with van der Waals surface area (Å²) in [5.41, 5.74) is 0.470. The van der Waals surface area contributed by atoms with E-state index in [4.69, 9.17) is 9.47 Å². The average molecular weight is 292 g/mol. The van der Waals surface area contributed by atoms with Crippen molar-refractivity contribution in [1.29, 1.82) is 0 Å². The van der Waals surface area contributed by atoms with Crippen LogP contribution in [-0.4, -0.2) is 31.1 Å². The Morgan fingerprint density at radius 1 is 1.10 bits per heavy atom. The van der Waals surface area contributed by atoms with Gasteiger partial charge in [-0.25, -0.2) is 0 Å². The molecule has 3 unspecified atom stereocenters. The molecule has 0 amide bonds. The highest BCUT2D eigenvalue weighted by Crippen LogP contribution is 2.39. The Kier molecular flexibility index (Phi) is 4.50. The van der Waals surface area contributed by atoms with Crippen molar-refractivity contribution < 1.29 is 24.2 Å². The van der Waals surface area contributed by atoms with Gasteiger partial charge in [0.05, 0.1) is 20.1 Å². The number of ketones is 1. The summed E-state index contributed by atoms with van der Waals surface area (Å²) in [6.07, 6.45) is 1.17. The van der Waals surface area contributed by atoms with Gasteiger partial charge in [-0.3, -0.25) is 9.59 Å². The maximum atomic E-state index is 12.6. The van der Waals surface area contributed by atoms with Crippen LogP contribution in [0.5, 0.6) is 11.5 Å². The largest absolute Gasteiger partial charge is 0.493 e. The highest BCUT2D eigenvalue weighted by molar-refractivity contribution is 6.00. The Balaban J connectivity index is 2.29. The van der Waals surface area contributed by atoms with E-state index in [0.717, 1.165) is 0 Å². The summed E-state index contributed by atoms with van der Waals surface area (Å²) in [5.74, 6) is -0.813. The standard InChI is InChI=1S/C16H20O5/c1-9-6-11(12(7-9)16(18)19)15(17)10-4-5-13(20-2)14(8-10)21-3/h4-5,8-9,11-12H,6-7H2,1-3H3,(H,18,19). The number of rotatable bonds is 5. The third kappa shape index (κ3) is 3.01. The van der Waals surface area contributed by atoms with Crippen molar-refractivity contribution in [2.45, 2.75) is 19.8 Å². The van der Waals surface area contributed by atoms with Gasteiger partial charge in [-0.15, -0.1) is 0 Å². The third-order valence-corrected chi connectivity index (χ3v) is 4.12. The number of carboxylic acids is 1. The molecule has 1 saturated carbocycles. The SMILES string of the molecule is COc1ccc(C(=O)C2CC(C)CC2C(=O)O)cc1OC. The number of hydrogen-bond acceptors (Lipinski definition) is 4. The molecule has 1 aromatic rings. The topological polar surface area (TPSA) is 72.8 Å². The van der Waals surface area contributed by atoms with E-state index in [1.807, 2.05) is 6.92 Å². The molecule has 5 heteroatoms. The molecule has 1 fully saturated rings. The van der Waals surface area contributed by atoms with Crippen LogP contribution in [0, 0.1) is 17.8 Å². The van der Waals surface area contributed by atoms with Gasteiger partial charge in [0.15, 0.2) is 17.3 Å². The van der Waals surface area contributed by atoms with Crippen LogP contribution in [0.3, 0.4) is 0 Å². The zero-order valence-corrected chi connectivity index (χ0v) is 12.5. The fraction of sp³-hybridized carbons (Fsp3) is 0.500. The van der Waals surface area contributed by atoms with Crippen molar-refractivity contribution in [1.82, 2.24) is 0 Å². The smallest absolute Gasteiger partial charge is 0.307 e. The lowest BCUT2D eigenvalue weighted by molar-refractivity contribution is -0.142. The number of carboxylic acid groups (broad SMARTS) is 1. The van der Waals surface area contributed by atoms with Gasteiger partial charge in [0.2, 0.25) is 0 Å². The number of aliphatic carboxylic acids is 1. The van der Waals surface area contributed by atoms with E-state index in [-0.39, 0.29) is 11.7 Å². The molecule has 1 N–H and O–H groups in total. The number of hydrogen-bond donors (Lipinski definition) is 1. The molecular formula is C16H20O5. The number of ether oxygens (including phenoxy) is 2. The predicted octanol–water partition coefficient (Wildman–Crippen LogP) is 2.63. The lowest BCUT2D eigenvalue weighted by Gasteiger charge is -2.15. The molecule has 1 aromatic carbocycles. The molecule has 0 bridgehead atoms. The lowest BCUT2D eigenvalue weighted by Crippen LogP contribution is -2.25. The summed E-state index contributed by atoms with van der Waals surface area (Å²) in [6.45, 7) is 1.98. The molecule has 5 nitrogen and oxygen atoms in total. The van der Waals surface area contributed by atoms with Gasteiger partial charge in [0.1, 0.15) is 0 Å². The molecule has 1 aliphatic carbocycles. The summed E-state index contributed by atoms with van der Waals surface area (Å²) in [7, 11) is 3.03. The fourth-order valence-corrected chi connectivity index (χ4v) is 3.06. The molecule has 0 aliphatic heterocycles. The Morgan fingerprint density at radius 3 is 2.29 bits per heavy atom. The van der Waals surface area contributed by atoms with Crippen LogP contribution >= 0.6 is 0 Å². The van der Waals surface area contributed by atoms with Gasteiger partial charge >= 0.3 is 5.97 Å². The zero-order chi connectivity index (χ0) is 15.6. The zero-order valence-electron chi connectivity index (χ0n) is 12.5. The minimum absolute atomic E-state index is 0.132. The van der Waals surface area contributed by atoms with E-state index >= 15 is 0 Å². The van der Waals surface area contributed by atoms with Gasteiger partial charge in [-0.05, 0) is 37.0 Å². The van der Waals surface area contributed by atoms with E-state index in [1.54, 1.807) is 18.2 Å². The summed E-state index contributed by atoms with van der Waals surface area (Å²) >= 11 is 0. The molecule has 1 aliphatic rings. The quantitative estimate of drug-likeness (QED) is 0.845. The molecular weight excluding hydrogens is 272 g/mol. The van der Waals surface area contributed by atoms with E-state index in [9.17, 15) is 14.7 Å². The second-order valence-electron chi connectivity index (χ2n) is 5.56. The molecule has 114 valence electrons. The van der Waals surface area contributed by atoms with Crippen molar-refractivity contribution in [3.63, 3.8) is 0 Å². The van der Waals surface area contributed by atoms with Gasteiger partial charge < -0.3 is 14.6 Å². The van der Waals surface area contributed by atoms with E-state index in [1.165, 1.54) is 14.2 Å². The Hall–Kier alpha value is -2.04. The van der Waals surface area contributed by atoms with E-state index < -0.39 is 17.8 Å². The molecule has 21 heavy (non-hydrogen) atoms. The minimum Gasteiger partial charge on any atom is -0.493 e. The third-order valence-electron chi connectivity index (χ3n) is 4.12. The van der Waals surface area contributed by atoms with Gasteiger partial charge in [0, 0.05) is 11.5 Å². The van der Waals surface area contributed by atoms with Crippen LogP contribution in [0.2, 0.25) is 0 Å². The molecule has 0 aromatic heterocycles. The summed E-state index contributed by atoms with van der Waals surface area (Å²) in [4.78, 5) is 23.9. The van der Waals surface area contributed by atoms with Crippen molar-refractivity contribution >= 4 is 11.8 Å². The summed E-state index contributed by atoms with van der Waals surface area (Å²) in [5, 5.41) is 9.28. The van der Waals surface area contributed by atoms with Gasteiger partial charge in [-0.2, -0.15) is 0 Å². The number of benzene rings is 1. The number of Topliss-reactive ketones (excluding diaryl/α,β-unsaturated/α-hetero) is 1. The van der Waals surface area contributed by atoms with Crippen molar-refractivity contribution in [2.24, 2.45) is 17.8 Å². The maximum Gasteiger partial charge on any atom is 0.307 e. The second kappa shape index (κ2) is 6.16. The number of carbonyl (C=O) groups is 2. The van der Waals surface area contributed by atoms with Crippen molar-refractivity contribution in [3.05, 3.63) is 23.8 Å². The lowest BCUT2D eigenvalue weighted by atomic mass is 9.88. The highest BCUT2D eigenvalue weighted by atomic mass is 16.5.